The Hall–Kier alpha value is -2.62. The number of carbonyl (C=O) groups is 2. The maximum absolute atomic E-state index is 12.4. The van der Waals surface area contributed by atoms with E-state index < -0.39 is 6.09 Å². The number of para-hydroxylation sites is 2. The molecule has 0 unspecified atom stereocenters. The summed E-state index contributed by atoms with van der Waals surface area (Å²) in [6, 6.07) is 14.4. The second-order valence-corrected chi connectivity index (χ2v) is 4.98. The van der Waals surface area contributed by atoms with Gasteiger partial charge in [-0.05, 0) is 30.7 Å². The first-order valence-electron chi connectivity index (χ1n) is 6.84. The zero-order valence-electron chi connectivity index (χ0n) is 11.7. The lowest BCUT2D eigenvalue weighted by molar-refractivity contribution is 0.0980. The molecule has 4 nitrogen and oxygen atoms in total. The van der Waals surface area contributed by atoms with Gasteiger partial charge in [-0.1, -0.05) is 30.3 Å². The van der Waals surface area contributed by atoms with Gasteiger partial charge in [0.15, 0.2) is 5.78 Å². The molecule has 2 aromatic carbocycles. The number of benzene rings is 2. The van der Waals surface area contributed by atoms with Crippen LogP contribution in [0.2, 0.25) is 0 Å². The van der Waals surface area contributed by atoms with E-state index in [9.17, 15) is 9.59 Å². The number of anilines is 1. The first kappa shape index (κ1) is 13.4. The van der Waals surface area contributed by atoms with Crippen LogP contribution in [0, 0.1) is 6.92 Å². The van der Waals surface area contributed by atoms with E-state index in [1.54, 1.807) is 23.1 Å². The quantitative estimate of drug-likeness (QED) is 0.802. The molecule has 1 heterocycles. The molecule has 106 valence electrons. The highest BCUT2D eigenvalue weighted by Crippen LogP contribution is 2.31. The number of ether oxygens (including phenoxy) is 1. The summed E-state index contributed by atoms with van der Waals surface area (Å²) in [5.74, 6) is 0.562. The molecule has 0 aliphatic carbocycles. The highest BCUT2D eigenvalue weighted by atomic mass is 16.6. The maximum atomic E-state index is 12.4. The van der Waals surface area contributed by atoms with Crippen molar-refractivity contribution < 1.29 is 14.3 Å². The first-order chi connectivity index (χ1) is 10.2. The molecule has 0 saturated carbocycles. The fourth-order valence-electron chi connectivity index (χ4n) is 2.53. The van der Waals surface area contributed by atoms with E-state index in [1.165, 1.54) is 0 Å². The number of carbonyl (C=O) groups excluding carboxylic acids is 2. The minimum absolute atomic E-state index is 0.0671. The second kappa shape index (κ2) is 5.40. The van der Waals surface area contributed by atoms with Gasteiger partial charge in [0.05, 0.1) is 5.69 Å². The molecule has 1 amide bonds. The third-order valence-electron chi connectivity index (χ3n) is 3.54. The van der Waals surface area contributed by atoms with E-state index in [4.69, 9.17) is 4.74 Å². The summed E-state index contributed by atoms with van der Waals surface area (Å²) in [7, 11) is 0. The average molecular weight is 281 g/mol. The Bertz CT molecular complexity index is 694. The van der Waals surface area contributed by atoms with E-state index in [0.717, 1.165) is 5.56 Å². The van der Waals surface area contributed by atoms with E-state index in [1.807, 2.05) is 37.3 Å². The molecule has 3 rings (SSSR count). The lowest BCUT2D eigenvalue weighted by atomic mass is 9.97. The van der Waals surface area contributed by atoms with E-state index in [-0.39, 0.29) is 5.78 Å². The summed E-state index contributed by atoms with van der Waals surface area (Å²) in [5, 5.41) is 0. The predicted octanol–water partition coefficient (Wildman–Crippen LogP) is 3.59. The van der Waals surface area contributed by atoms with Gasteiger partial charge in [-0.25, -0.2) is 4.79 Å². The van der Waals surface area contributed by atoms with Gasteiger partial charge in [-0.15, -0.1) is 0 Å². The number of hydrogen-bond donors (Lipinski definition) is 0. The van der Waals surface area contributed by atoms with Gasteiger partial charge in [0.1, 0.15) is 5.75 Å². The van der Waals surface area contributed by atoms with E-state index in [0.29, 0.717) is 30.0 Å². The van der Waals surface area contributed by atoms with Crippen molar-refractivity contribution in [3.05, 3.63) is 59.7 Å². The van der Waals surface area contributed by atoms with Gasteiger partial charge >= 0.3 is 6.09 Å². The van der Waals surface area contributed by atoms with Crippen LogP contribution in [0.5, 0.6) is 5.75 Å². The topological polar surface area (TPSA) is 46.6 Å². The van der Waals surface area contributed by atoms with Crippen molar-refractivity contribution >= 4 is 17.6 Å². The summed E-state index contributed by atoms with van der Waals surface area (Å²) in [6.45, 7) is 2.24. The minimum Gasteiger partial charge on any atom is -0.410 e. The molecular formula is C17H15NO3. The number of amides is 1. The second-order valence-electron chi connectivity index (χ2n) is 4.98. The molecular weight excluding hydrogens is 266 g/mol. The molecule has 0 spiro atoms. The van der Waals surface area contributed by atoms with Crippen LogP contribution in [0.15, 0.2) is 48.5 Å². The lowest BCUT2D eigenvalue weighted by Gasteiger charge is -2.29. The molecule has 2 aromatic rings. The Kier molecular flexibility index (Phi) is 3.44. The van der Waals surface area contributed by atoms with Gasteiger partial charge in [0.2, 0.25) is 0 Å². The molecule has 0 fully saturated rings. The standard InChI is InChI=1S/C17H15NO3/c1-12-6-5-9-14-15(19)10-11-18(16(12)14)17(20)21-13-7-3-2-4-8-13/h2-9H,10-11H2,1H3. The number of Topliss-reactive ketones (excluding diaryl/α,β-unsaturated/α-hetero) is 1. The van der Waals surface area contributed by atoms with Crippen molar-refractivity contribution in [3.8, 4) is 5.75 Å². The van der Waals surface area contributed by atoms with Crippen LogP contribution in [-0.4, -0.2) is 18.4 Å². The molecule has 1 aliphatic rings. The molecule has 4 heteroatoms. The predicted molar refractivity (Wildman–Crippen MR) is 79.9 cm³/mol. The van der Waals surface area contributed by atoms with Gasteiger partial charge in [0.25, 0.3) is 0 Å². The summed E-state index contributed by atoms with van der Waals surface area (Å²) in [6.07, 6.45) is -0.135. The number of rotatable bonds is 1. The highest BCUT2D eigenvalue weighted by molar-refractivity contribution is 6.08. The third-order valence-corrected chi connectivity index (χ3v) is 3.54. The summed E-state index contributed by atoms with van der Waals surface area (Å²) >= 11 is 0. The van der Waals surface area contributed by atoms with Gasteiger partial charge in [0, 0.05) is 18.5 Å². The van der Waals surface area contributed by atoms with Crippen molar-refractivity contribution in [2.45, 2.75) is 13.3 Å². The van der Waals surface area contributed by atoms with Crippen LogP contribution >= 0.6 is 0 Å². The highest BCUT2D eigenvalue weighted by Gasteiger charge is 2.29. The largest absolute Gasteiger partial charge is 0.419 e. The Morgan fingerprint density at radius 3 is 2.62 bits per heavy atom. The third kappa shape index (κ3) is 2.52. The van der Waals surface area contributed by atoms with Gasteiger partial charge in [-0.2, -0.15) is 0 Å². The zero-order valence-corrected chi connectivity index (χ0v) is 11.7. The molecule has 0 N–H and O–H groups in total. The lowest BCUT2D eigenvalue weighted by Crippen LogP contribution is -2.39. The van der Waals surface area contributed by atoms with Crippen LogP contribution in [0.3, 0.4) is 0 Å². The first-order valence-corrected chi connectivity index (χ1v) is 6.84. The Morgan fingerprint density at radius 2 is 1.86 bits per heavy atom. The van der Waals surface area contributed by atoms with Crippen LogP contribution in [0.25, 0.3) is 0 Å². The molecule has 0 bridgehead atoms. The van der Waals surface area contributed by atoms with Crippen LogP contribution in [0.1, 0.15) is 22.3 Å². The van der Waals surface area contributed by atoms with Gasteiger partial charge < -0.3 is 4.74 Å². The van der Waals surface area contributed by atoms with Crippen LogP contribution in [0.4, 0.5) is 10.5 Å². The number of ketones is 1. The zero-order chi connectivity index (χ0) is 14.8. The van der Waals surface area contributed by atoms with Crippen molar-refractivity contribution in [2.75, 3.05) is 11.4 Å². The SMILES string of the molecule is Cc1cccc2c1N(C(=O)Oc1ccccc1)CCC2=O. The van der Waals surface area contributed by atoms with Crippen molar-refractivity contribution in [2.24, 2.45) is 0 Å². The van der Waals surface area contributed by atoms with Crippen molar-refractivity contribution in [3.63, 3.8) is 0 Å². The Balaban J connectivity index is 1.92. The van der Waals surface area contributed by atoms with E-state index >= 15 is 0 Å². The van der Waals surface area contributed by atoms with Crippen molar-refractivity contribution in [1.82, 2.24) is 0 Å². The van der Waals surface area contributed by atoms with Gasteiger partial charge in [-0.3, -0.25) is 9.69 Å². The fourth-order valence-corrected chi connectivity index (χ4v) is 2.53. The number of aryl methyl sites for hydroxylation is 1. The molecule has 21 heavy (non-hydrogen) atoms. The molecule has 0 radical (unpaired) electrons. The van der Waals surface area contributed by atoms with E-state index in [2.05, 4.69) is 0 Å². The Morgan fingerprint density at radius 1 is 1.10 bits per heavy atom. The summed E-state index contributed by atoms with van der Waals surface area (Å²) in [5.41, 5.74) is 2.14. The number of nitrogens with zero attached hydrogens (tertiary/aromatic N) is 1. The fraction of sp³-hybridized carbons (Fsp3) is 0.176. The number of hydrogen-bond acceptors (Lipinski definition) is 3. The normalized spacial score (nSPS) is 13.8. The van der Waals surface area contributed by atoms with Crippen molar-refractivity contribution in [1.29, 1.82) is 0 Å². The minimum atomic E-state index is -0.454. The number of fused-ring (bicyclic) bond motifs is 1. The van der Waals surface area contributed by atoms with Crippen LogP contribution in [-0.2, 0) is 0 Å². The molecule has 0 aromatic heterocycles. The summed E-state index contributed by atoms with van der Waals surface area (Å²) in [4.78, 5) is 25.9. The molecule has 0 atom stereocenters. The van der Waals surface area contributed by atoms with Crippen LogP contribution < -0.4 is 9.64 Å². The molecule has 0 saturated heterocycles. The Labute approximate surface area is 123 Å². The smallest absolute Gasteiger partial charge is 0.410 e. The average Bonchev–Trinajstić information content (AvgIpc) is 2.49. The summed E-state index contributed by atoms with van der Waals surface area (Å²) < 4.78 is 5.38. The monoisotopic (exact) mass is 281 g/mol. The maximum Gasteiger partial charge on any atom is 0.419 e. The molecule has 1 aliphatic heterocycles.